The van der Waals surface area contributed by atoms with Gasteiger partial charge in [0.05, 0.1) is 13.0 Å². The lowest BCUT2D eigenvalue weighted by Gasteiger charge is -2.27. The van der Waals surface area contributed by atoms with Crippen molar-refractivity contribution in [1.82, 2.24) is 5.32 Å². The van der Waals surface area contributed by atoms with Crippen molar-refractivity contribution in [2.75, 3.05) is 12.4 Å². The van der Waals surface area contributed by atoms with Gasteiger partial charge in [-0.1, -0.05) is 11.6 Å². The van der Waals surface area contributed by atoms with Crippen LogP contribution in [0.1, 0.15) is 25.7 Å². The van der Waals surface area contributed by atoms with E-state index in [1.54, 1.807) is 24.3 Å². The Morgan fingerprint density at radius 1 is 1.14 bits per heavy atom. The Bertz CT molecular complexity index is 496. The van der Waals surface area contributed by atoms with Gasteiger partial charge >= 0.3 is 12.0 Å². The number of halogens is 1. The van der Waals surface area contributed by atoms with E-state index in [0.717, 1.165) is 25.7 Å². The van der Waals surface area contributed by atoms with E-state index in [-0.39, 0.29) is 24.0 Å². The monoisotopic (exact) mass is 310 g/mol. The first-order chi connectivity index (χ1) is 10.1. The normalized spacial score (nSPS) is 21.4. The lowest BCUT2D eigenvalue weighted by atomic mass is 9.86. The summed E-state index contributed by atoms with van der Waals surface area (Å²) in [6, 6.07) is 6.79. The summed E-state index contributed by atoms with van der Waals surface area (Å²) in [7, 11) is 1.41. The molecule has 1 saturated carbocycles. The number of urea groups is 1. The van der Waals surface area contributed by atoms with Crippen LogP contribution in [0.3, 0.4) is 0 Å². The zero-order valence-corrected chi connectivity index (χ0v) is 12.7. The molecule has 2 N–H and O–H groups in total. The van der Waals surface area contributed by atoms with Gasteiger partial charge in [0, 0.05) is 16.8 Å². The molecule has 2 rings (SSSR count). The summed E-state index contributed by atoms with van der Waals surface area (Å²) in [5, 5.41) is 6.31. The van der Waals surface area contributed by atoms with Gasteiger partial charge in [0.25, 0.3) is 0 Å². The van der Waals surface area contributed by atoms with Crippen LogP contribution in [0, 0.1) is 5.92 Å². The SMILES string of the molecule is COC(=O)C1CCC(NC(=O)Nc2ccc(Cl)cc2)CC1. The zero-order valence-electron chi connectivity index (χ0n) is 11.9. The lowest BCUT2D eigenvalue weighted by molar-refractivity contribution is -0.146. The highest BCUT2D eigenvalue weighted by Gasteiger charge is 2.27. The Morgan fingerprint density at radius 2 is 1.76 bits per heavy atom. The summed E-state index contributed by atoms with van der Waals surface area (Å²) in [6.45, 7) is 0. The van der Waals surface area contributed by atoms with E-state index in [2.05, 4.69) is 10.6 Å². The van der Waals surface area contributed by atoms with Gasteiger partial charge in [-0.2, -0.15) is 0 Å². The van der Waals surface area contributed by atoms with Crippen molar-refractivity contribution in [2.24, 2.45) is 5.92 Å². The number of esters is 1. The highest BCUT2D eigenvalue weighted by atomic mass is 35.5. The quantitative estimate of drug-likeness (QED) is 0.843. The van der Waals surface area contributed by atoms with Crippen molar-refractivity contribution in [2.45, 2.75) is 31.7 Å². The van der Waals surface area contributed by atoms with E-state index in [1.165, 1.54) is 7.11 Å². The predicted molar refractivity (Wildman–Crippen MR) is 81.4 cm³/mol. The van der Waals surface area contributed by atoms with E-state index >= 15 is 0 Å². The molecule has 0 radical (unpaired) electrons. The number of hydrogen-bond acceptors (Lipinski definition) is 3. The van der Waals surface area contributed by atoms with Gasteiger partial charge in [0.1, 0.15) is 0 Å². The number of hydrogen-bond donors (Lipinski definition) is 2. The predicted octanol–water partition coefficient (Wildman–Crippen LogP) is 3.19. The Balaban J connectivity index is 1.76. The number of amides is 2. The Labute approximate surface area is 129 Å². The zero-order chi connectivity index (χ0) is 15.2. The molecule has 2 amide bonds. The second-order valence-electron chi connectivity index (χ2n) is 5.18. The summed E-state index contributed by atoms with van der Waals surface area (Å²) >= 11 is 5.79. The first-order valence-corrected chi connectivity index (χ1v) is 7.37. The maximum atomic E-state index is 11.9. The highest BCUT2D eigenvalue weighted by molar-refractivity contribution is 6.30. The molecule has 114 valence electrons. The van der Waals surface area contributed by atoms with Crippen LogP contribution in [0.25, 0.3) is 0 Å². The molecule has 0 heterocycles. The minimum atomic E-state index is -0.237. The first-order valence-electron chi connectivity index (χ1n) is 6.99. The van der Waals surface area contributed by atoms with Gasteiger partial charge in [-0.05, 0) is 49.9 Å². The van der Waals surface area contributed by atoms with Crippen LogP contribution >= 0.6 is 11.6 Å². The molecule has 1 aromatic carbocycles. The first kappa shape index (κ1) is 15.6. The van der Waals surface area contributed by atoms with E-state index in [9.17, 15) is 9.59 Å². The van der Waals surface area contributed by atoms with Crippen LogP contribution in [0.5, 0.6) is 0 Å². The third-order valence-electron chi connectivity index (χ3n) is 3.70. The fourth-order valence-corrected chi connectivity index (χ4v) is 2.65. The van der Waals surface area contributed by atoms with Gasteiger partial charge in [-0.25, -0.2) is 4.79 Å². The fourth-order valence-electron chi connectivity index (χ4n) is 2.53. The van der Waals surface area contributed by atoms with E-state index in [1.807, 2.05) is 0 Å². The van der Waals surface area contributed by atoms with Crippen molar-refractivity contribution < 1.29 is 14.3 Å². The van der Waals surface area contributed by atoms with Crippen molar-refractivity contribution in [1.29, 1.82) is 0 Å². The topological polar surface area (TPSA) is 67.4 Å². The third kappa shape index (κ3) is 4.63. The summed E-state index contributed by atoms with van der Waals surface area (Å²) in [5.74, 6) is -0.188. The summed E-state index contributed by atoms with van der Waals surface area (Å²) < 4.78 is 4.75. The molecule has 1 fully saturated rings. The maximum Gasteiger partial charge on any atom is 0.319 e. The second-order valence-corrected chi connectivity index (χ2v) is 5.61. The standard InChI is InChI=1S/C15H19ClN2O3/c1-21-14(19)10-2-6-12(7-3-10)17-15(20)18-13-8-4-11(16)5-9-13/h4-5,8-10,12H,2-3,6-7H2,1H3,(H2,17,18,20). The molecule has 6 heteroatoms. The molecule has 0 aromatic heterocycles. The molecule has 1 aliphatic carbocycles. The second kappa shape index (κ2) is 7.31. The number of rotatable bonds is 3. The minimum absolute atomic E-state index is 0.0348. The Hall–Kier alpha value is -1.75. The van der Waals surface area contributed by atoms with E-state index in [4.69, 9.17) is 16.3 Å². The van der Waals surface area contributed by atoms with Crippen LogP contribution in [0.2, 0.25) is 5.02 Å². The van der Waals surface area contributed by atoms with E-state index < -0.39 is 0 Å². The molecular formula is C15H19ClN2O3. The average Bonchev–Trinajstić information content (AvgIpc) is 2.49. The summed E-state index contributed by atoms with van der Waals surface area (Å²) in [6.07, 6.45) is 3.07. The number of nitrogens with one attached hydrogen (secondary N) is 2. The lowest BCUT2D eigenvalue weighted by Crippen LogP contribution is -2.41. The van der Waals surface area contributed by atoms with Gasteiger partial charge in [-0.3, -0.25) is 4.79 Å². The number of carbonyl (C=O) groups is 2. The summed E-state index contributed by atoms with van der Waals surface area (Å²) in [4.78, 5) is 23.3. The molecule has 0 saturated heterocycles. The minimum Gasteiger partial charge on any atom is -0.469 e. The molecule has 0 atom stereocenters. The molecule has 0 unspecified atom stereocenters. The molecule has 0 spiro atoms. The Morgan fingerprint density at radius 3 is 2.33 bits per heavy atom. The third-order valence-corrected chi connectivity index (χ3v) is 3.95. The van der Waals surface area contributed by atoms with Gasteiger partial charge in [0.15, 0.2) is 0 Å². The summed E-state index contributed by atoms with van der Waals surface area (Å²) in [5.41, 5.74) is 0.695. The maximum absolute atomic E-state index is 11.9. The number of methoxy groups -OCH3 is 1. The average molecular weight is 311 g/mol. The number of carbonyl (C=O) groups excluding carboxylic acids is 2. The van der Waals surface area contributed by atoms with Gasteiger partial charge < -0.3 is 15.4 Å². The molecular weight excluding hydrogens is 292 g/mol. The number of anilines is 1. The van der Waals surface area contributed by atoms with Crippen LogP contribution in [-0.2, 0) is 9.53 Å². The van der Waals surface area contributed by atoms with Crippen molar-refractivity contribution in [3.05, 3.63) is 29.3 Å². The molecule has 0 aliphatic heterocycles. The van der Waals surface area contributed by atoms with Crippen LogP contribution in [-0.4, -0.2) is 25.2 Å². The number of ether oxygens (including phenoxy) is 1. The largest absolute Gasteiger partial charge is 0.469 e. The highest BCUT2D eigenvalue weighted by Crippen LogP contribution is 2.25. The van der Waals surface area contributed by atoms with Crippen LogP contribution in [0.4, 0.5) is 10.5 Å². The van der Waals surface area contributed by atoms with Crippen molar-refractivity contribution in [3.63, 3.8) is 0 Å². The smallest absolute Gasteiger partial charge is 0.319 e. The van der Waals surface area contributed by atoms with Gasteiger partial charge in [0.2, 0.25) is 0 Å². The van der Waals surface area contributed by atoms with Crippen molar-refractivity contribution in [3.8, 4) is 0 Å². The molecule has 21 heavy (non-hydrogen) atoms. The molecule has 5 nitrogen and oxygen atoms in total. The van der Waals surface area contributed by atoms with Crippen LogP contribution < -0.4 is 10.6 Å². The van der Waals surface area contributed by atoms with Gasteiger partial charge in [-0.15, -0.1) is 0 Å². The number of benzene rings is 1. The Kier molecular flexibility index (Phi) is 5.44. The van der Waals surface area contributed by atoms with Crippen LogP contribution in [0.15, 0.2) is 24.3 Å². The van der Waals surface area contributed by atoms with E-state index in [0.29, 0.717) is 10.7 Å². The fraction of sp³-hybridized carbons (Fsp3) is 0.467. The molecule has 1 aliphatic rings. The molecule has 1 aromatic rings. The molecule has 0 bridgehead atoms. The van der Waals surface area contributed by atoms with Crippen molar-refractivity contribution >= 4 is 29.3 Å².